The van der Waals surface area contributed by atoms with E-state index < -0.39 is 17.2 Å². The molecular weight excluding hydrogens is 406 g/mol. The van der Waals surface area contributed by atoms with Gasteiger partial charge < -0.3 is 16.0 Å². The standard InChI is InChI=1S/C24H29N5O3/c1-5-6-14-29-21(25)20(22(30)27-24(29)32)28(4)23(31)17-11-7-8-12-19(17)26-18-13-9-10-15(2)16(18)3/h7-13,26H,5-6,14,25H2,1-4H3,(H,27,30,32). The number of aromatic amines is 1. The zero-order valence-electron chi connectivity index (χ0n) is 18.9. The van der Waals surface area contributed by atoms with Crippen LogP contribution in [0.2, 0.25) is 0 Å². The Hall–Kier alpha value is -3.81. The fourth-order valence-electron chi connectivity index (χ4n) is 3.53. The van der Waals surface area contributed by atoms with Crippen molar-refractivity contribution in [2.75, 3.05) is 23.0 Å². The van der Waals surface area contributed by atoms with Crippen LogP contribution < -0.4 is 27.2 Å². The van der Waals surface area contributed by atoms with Crippen LogP contribution in [0.1, 0.15) is 41.3 Å². The first-order valence-electron chi connectivity index (χ1n) is 10.6. The number of para-hydroxylation sites is 1. The largest absolute Gasteiger partial charge is 0.383 e. The maximum absolute atomic E-state index is 13.4. The average molecular weight is 436 g/mol. The predicted molar refractivity (Wildman–Crippen MR) is 129 cm³/mol. The topological polar surface area (TPSA) is 113 Å². The Kier molecular flexibility index (Phi) is 6.82. The number of H-pyrrole nitrogens is 1. The van der Waals surface area contributed by atoms with Gasteiger partial charge in [0.05, 0.1) is 11.3 Å². The Morgan fingerprint density at radius 1 is 1.09 bits per heavy atom. The highest BCUT2D eigenvalue weighted by Gasteiger charge is 2.23. The second-order valence-corrected chi connectivity index (χ2v) is 7.78. The summed E-state index contributed by atoms with van der Waals surface area (Å²) in [5.41, 5.74) is 8.92. The van der Waals surface area contributed by atoms with Gasteiger partial charge in [-0.3, -0.25) is 19.1 Å². The van der Waals surface area contributed by atoms with Crippen molar-refractivity contribution in [3.05, 3.63) is 80.0 Å². The number of benzene rings is 2. The monoisotopic (exact) mass is 435 g/mol. The lowest BCUT2D eigenvalue weighted by molar-refractivity contribution is 0.0993. The first-order chi connectivity index (χ1) is 15.3. The quantitative estimate of drug-likeness (QED) is 0.525. The van der Waals surface area contributed by atoms with Gasteiger partial charge in [-0.25, -0.2) is 4.79 Å². The van der Waals surface area contributed by atoms with E-state index in [4.69, 9.17) is 5.73 Å². The lowest BCUT2D eigenvalue weighted by Crippen LogP contribution is -2.39. The predicted octanol–water partition coefficient (Wildman–Crippen LogP) is 3.56. The minimum Gasteiger partial charge on any atom is -0.383 e. The number of amides is 1. The first-order valence-corrected chi connectivity index (χ1v) is 10.6. The maximum Gasteiger partial charge on any atom is 0.330 e. The third kappa shape index (κ3) is 4.44. The summed E-state index contributed by atoms with van der Waals surface area (Å²) in [5.74, 6) is -0.445. The molecule has 0 aliphatic rings. The zero-order valence-corrected chi connectivity index (χ0v) is 18.9. The second-order valence-electron chi connectivity index (χ2n) is 7.78. The van der Waals surface area contributed by atoms with Crippen molar-refractivity contribution in [1.29, 1.82) is 0 Å². The number of aryl methyl sites for hydroxylation is 1. The van der Waals surface area contributed by atoms with Gasteiger partial charge in [-0.2, -0.15) is 0 Å². The summed E-state index contributed by atoms with van der Waals surface area (Å²) >= 11 is 0. The molecule has 1 aromatic heterocycles. The van der Waals surface area contributed by atoms with E-state index in [9.17, 15) is 14.4 Å². The van der Waals surface area contributed by atoms with E-state index in [1.54, 1.807) is 18.2 Å². The molecule has 0 saturated carbocycles. The summed E-state index contributed by atoms with van der Waals surface area (Å²) < 4.78 is 1.30. The van der Waals surface area contributed by atoms with E-state index in [-0.39, 0.29) is 11.5 Å². The summed E-state index contributed by atoms with van der Waals surface area (Å²) in [4.78, 5) is 41.7. The second kappa shape index (κ2) is 9.55. The maximum atomic E-state index is 13.4. The van der Waals surface area contributed by atoms with Gasteiger partial charge in [0, 0.05) is 19.3 Å². The number of hydrogen-bond donors (Lipinski definition) is 3. The van der Waals surface area contributed by atoms with Crippen LogP contribution in [0.3, 0.4) is 0 Å². The Labute approximate surface area is 186 Å². The van der Waals surface area contributed by atoms with Gasteiger partial charge in [0.15, 0.2) is 5.69 Å². The number of aromatic nitrogens is 2. The third-order valence-electron chi connectivity index (χ3n) is 5.62. The molecule has 0 radical (unpaired) electrons. The first kappa shape index (κ1) is 22.9. The average Bonchev–Trinajstić information content (AvgIpc) is 2.76. The molecule has 0 atom stereocenters. The van der Waals surface area contributed by atoms with Crippen molar-refractivity contribution >= 4 is 28.8 Å². The van der Waals surface area contributed by atoms with Crippen molar-refractivity contribution < 1.29 is 4.79 Å². The molecule has 0 spiro atoms. The molecule has 4 N–H and O–H groups in total. The number of carbonyl (C=O) groups is 1. The molecular formula is C24H29N5O3. The summed E-state index contributed by atoms with van der Waals surface area (Å²) in [5, 5.41) is 3.33. The minimum absolute atomic E-state index is 0.0250. The van der Waals surface area contributed by atoms with E-state index in [1.165, 1.54) is 16.5 Å². The molecule has 0 fully saturated rings. The van der Waals surface area contributed by atoms with Crippen molar-refractivity contribution in [3.63, 3.8) is 0 Å². The van der Waals surface area contributed by atoms with E-state index in [2.05, 4.69) is 10.3 Å². The molecule has 3 rings (SSSR count). The molecule has 0 aliphatic heterocycles. The van der Waals surface area contributed by atoms with E-state index in [0.29, 0.717) is 17.8 Å². The fraction of sp³-hybridized carbons (Fsp3) is 0.292. The van der Waals surface area contributed by atoms with Gasteiger partial charge in [-0.15, -0.1) is 0 Å². The van der Waals surface area contributed by atoms with Gasteiger partial charge in [0.1, 0.15) is 5.82 Å². The highest BCUT2D eigenvalue weighted by molar-refractivity contribution is 6.10. The lowest BCUT2D eigenvalue weighted by Gasteiger charge is -2.22. The molecule has 2 aromatic carbocycles. The number of nitrogens with two attached hydrogens (primary N) is 1. The summed E-state index contributed by atoms with van der Waals surface area (Å²) in [7, 11) is 1.48. The van der Waals surface area contributed by atoms with E-state index in [1.807, 2.05) is 45.0 Å². The lowest BCUT2D eigenvalue weighted by atomic mass is 10.1. The van der Waals surface area contributed by atoms with Crippen molar-refractivity contribution in [2.45, 2.75) is 40.2 Å². The highest BCUT2D eigenvalue weighted by Crippen LogP contribution is 2.27. The van der Waals surface area contributed by atoms with Gasteiger partial charge in [-0.05, 0) is 49.6 Å². The molecule has 1 amide bonds. The Bertz CT molecular complexity index is 1260. The van der Waals surface area contributed by atoms with Crippen molar-refractivity contribution in [3.8, 4) is 0 Å². The van der Waals surface area contributed by atoms with Crippen LogP contribution in [-0.4, -0.2) is 22.5 Å². The highest BCUT2D eigenvalue weighted by atomic mass is 16.2. The van der Waals surface area contributed by atoms with Crippen LogP contribution in [0, 0.1) is 13.8 Å². The molecule has 0 unspecified atom stereocenters. The summed E-state index contributed by atoms with van der Waals surface area (Å²) in [6.45, 7) is 6.38. The number of nitrogens with one attached hydrogen (secondary N) is 2. The van der Waals surface area contributed by atoms with Crippen LogP contribution in [0.25, 0.3) is 0 Å². The molecule has 0 bridgehead atoms. The molecule has 8 nitrogen and oxygen atoms in total. The number of nitrogen functional groups attached to an aromatic ring is 1. The number of nitrogens with zero attached hydrogens (tertiary/aromatic N) is 2. The molecule has 0 saturated heterocycles. The Morgan fingerprint density at radius 3 is 2.50 bits per heavy atom. The number of hydrogen-bond acceptors (Lipinski definition) is 5. The summed E-state index contributed by atoms with van der Waals surface area (Å²) in [6.07, 6.45) is 1.57. The molecule has 0 aliphatic carbocycles. The number of anilines is 4. The van der Waals surface area contributed by atoms with Crippen LogP contribution in [0.4, 0.5) is 22.9 Å². The fourth-order valence-corrected chi connectivity index (χ4v) is 3.53. The molecule has 1 heterocycles. The van der Waals surface area contributed by atoms with Gasteiger partial charge in [0.2, 0.25) is 0 Å². The van der Waals surface area contributed by atoms with Crippen LogP contribution in [-0.2, 0) is 6.54 Å². The Morgan fingerprint density at radius 2 is 1.78 bits per heavy atom. The third-order valence-corrected chi connectivity index (χ3v) is 5.62. The van der Waals surface area contributed by atoms with Crippen molar-refractivity contribution in [2.24, 2.45) is 0 Å². The molecule has 8 heteroatoms. The number of rotatable bonds is 7. The smallest absolute Gasteiger partial charge is 0.330 e. The van der Waals surface area contributed by atoms with Crippen LogP contribution in [0.5, 0.6) is 0 Å². The zero-order chi connectivity index (χ0) is 23.4. The normalized spacial score (nSPS) is 10.8. The van der Waals surface area contributed by atoms with Crippen molar-refractivity contribution in [1.82, 2.24) is 9.55 Å². The van der Waals surface area contributed by atoms with E-state index >= 15 is 0 Å². The molecule has 32 heavy (non-hydrogen) atoms. The number of carbonyl (C=O) groups excluding carboxylic acids is 1. The Balaban J connectivity index is 2.01. The molecule has 3 aromatic rings. The van der Waals surface area contributed by atoms with Crippen LogP contribution >= 0.6 is 0 Å². The SMILES string of the molecule is CCCCn1c(N)c(N(C)C(=O)c2ccccc2Nc2cccc(C)c2C)c(=O)[nH]c1=O. The minimum atomic E-state index is -0.698. The van der Waals surface area contributed by atoms with Crippen LogP contribution in [0.15, 0.2) is 52.1 Å². The number of unbranched alkanes of at least 4 members (excludes halogenated alkanes) is 1. The van der Waals surface area contributed by atoms with E-state index in [0.717, 1.165) is 29.7 Å². The van der Waals surface area contributed by atoms with Gasteiger partial charge >= 0.3 is 5.69 Å². The summed E-state index contributed by atoms with van der Waals surface area (Å²) in [6, 6.07) is 13.0. The van der Waals surface area contributed by atoms with Gasteiger partial charge in [0.25, 0.3) is 11.5 Å². The molecule has 168 valence electrons. The van der Waals surface area contributed by atoms with Gasteiger partial charge in [-0.1, -0.05) is 37.6 Å².